The molecule has 16 heavy (non-hydrogen) atoms. The van der Waals surface area contributed by atoms with Crippen molar-refractivity contribution in [3.05, 3.63) is 24.3 Å². The van der Waals surface area contributed by atoms with Crippen LogP contribution in [0.2, 0.25) is 0 Å². The summed E-state index contributed by atoms with van der Waals surface area (Å²) >= 11 is 0. The molecule has 0 fully saturated rings. The zero-order chi connectivity index (χ0) is 11.7. The van der Waals surface area contributed by atoms with E-state index in [-0.39, 0.29) is 11.8 Å². The average molecular weight is 218 g/mol. The first-order chi connectivity index (χ1) is 7.61. The second-order valence-corrected chi connectivity index (χ2v) is 3.88. The first kappa shape index (κ1) is 10.5. The number of hydrogen-bond donors (Lipinski definition) is 2. The zero-order valence-electron chi connectivity index (χ0n) is 9.25. The molecule has 0 amide bonds. The van der Waals surface area contributed by atoms with Crippen molar-refractivity contribution < 1.29 is 5.11 Å². The fraction of sp³-hybridized carbons (Fsp3) is 0.273. The summed E-state index contributed by atoms with van der Waals surface area (Å²) in [6, 6.07) is 7.15. The highest BCUT2D eigenvalue weighted by molar-refractivity contribution is 5.74. The molecule has 2 rings (SSSR count). The molecule has 0 atom stereocenters. The maximum Gasteiger partial charge on any atom is 0.174 e. The normalized spacial score (nSPS) is 10.9. The van der Waals surface area contributed by atoms with Crippen LogP contribution in [0.25, 0.3) is 11.3 Å². The van der Waals surface area contributed by atoms with Crippen molar-refractivity contribution >= 4 is 5.82 Å². The molecule has 0 aliphatic heterocycles. The van der Waals surface area contributed by atoms with Gasteiger partial charge in [-0.05, 0) is 26.0 Å². The summed E-state index contributed by atoms with van der Waals surface area (Å²) in [5.41, 5.74) is 7.09. The topological polar surface area (TPSA) is 77.0 Å². The molecule has 1 heterocycles. The Kier molecular flexibility index (Phi) is 2.52. The van der Waals surface area contributed by atoms with Crippen molar-refractivity contribution in [1.82, 2.24) is 15.0 Å². The third-order valence-electron chi connectivity index (χ3n) is 2.37. The van der Waals surface area contributed by atoms with E-state index in [0.29, 0.717) is 17.1 Å². The molecular formula is C11H14N4O. The highest BCUT2D eigenvalue weighted by Gasteiger charge is 2.16. The van der Waals surface area contributed by atoms with Crippen LogP contribution < -0.4 is 5.73 Å². The number of hydrogen-bond acceptors (Lipinski definition) is 4. The Balaban J connectivity index is 2.64. The van der Waals surface area contributed by atoms with Gasteiger partial charge in [-0.3, -0.25) is 0 Å². The summed E-state index contributed by atoms with van der Waals surface area (Å²) < 4.78 is 1.70. The minimum absolute atomic E-state index is 0.138. The smallest absolute Gasteiger partial charge is 0.174 e. The number of nitrogens with two attached hydrogens (primary N) is 1. The number of benzene rings is 1. The molecule has 5 heteroatoms. The quantitative estimate of drug-likeness (QED) is 0.806. The first-order valence-electron chi connectivity index (χ1n) is 5.10. The Morgan fingerprint density at radius 2 is 2.00 bits per heavy atom. The van der Waals surface area contributed by atoms with Gasteiger partial charge in [0.1, 0.15) is 11.4 Å². The minimum atomic E-state index is 0.138. The maximum absolute atomic E-state index is 9.79. The fourth-order valence-corrected chi connectivity index (χ4v) is 1.60. The Bertz CT molecular complexity index is 504. The molecule has 0 aliphatic rings. The molecule has 1 aromatic carbocycles. The molecule has 2 aromatic rings. The highest BCUT2D eigenvalue weighted by atomic mass is 16.3. The Hall–Kier alpha value is -2.04. The summed E-state index contributed by atoms with van der Waals surface area (Å²) in [6.07, 6.45) is 0. The lowest BCUT2D eigenvalue weighted by molar-refractivity contribution is 0.474. The Morgan fingerprint density at radius 1 is 1.31 bits per heavy atom. The van der Waals surface area contributed by atoms with Crippen LogP contribution in [-0.4, -0.2) is 20.1 Å². The minimum Gasteiger partial charge on any atom is -0.507 e. The lowest BCUT2D eigenvalue weighted by Crippen LogP contribution is -2.05. The van der Waals surface area contributed by atoms with E-state index in [2.05, 4.69) is 10.3 Å². The second-order valence-electron chi connectivity index (χ2n) is 3.88. The number of anilines is 1. The molecule has 0 bridgehead atoms. The fourth-order valence-electron chi connectivity index (χ4n) is 1.60. The number of aromatic hydroxyl groups is 1. The molecule has 0 aliphatic carbocycles. The van der Waals surface area contributed by atoms with Gasteiger partial charge in [0.2, 0.25) is 0 Å². The molecule has 1 aromatic heterocycles. The SMILES string of the molecule is CC(C)n1nnc(N)c1-c1ccccc1O. The monoisotopic (exact) mass is 218 g/mol. The molecule has 3 N–H and O–H groups in total. The van der Waals surface area contributed by atoms with Crippen LogP contribution in [0.5, 0.6) is 5.75 Å². The maximum atomic E-state index is 9.79. The van der Waals surface area contributed by atoms with Gasteiger partial charge in [-0.1, -0.05) is 17.3 Å². The van der Waals surface area contributed by atoms with Gasteiger partial charge in [-0.15, -0.1) is 5.10 Å². The summed E-state index contributed by atoms with van der Waals surface area (Å²) in [5.74, 6) is 0.508. The molecule has 0 saturated heterocycles. The van der Waals surface area contributed by atoms with Gasteiger partial charge in [-0.2, -0.15) is 0 Å². The summed E-state index contributed by atoms with van der Waals surface area (Å²) in [7, 11) is 0. The number of nitrogens with zero attached hydrogens (tertiary/aromatic N) is 3. The lowest BCUT2D eigenvalue weighted by atomic mass is 10.1. The number of aromatic nitrogens is 3. The average Bonchev–Trinajstić information content (AvgIpc) is 2.61. The molecule has 5 nitrogen and oxygen atoms in total. The largest absolute Gasteiger partial charge is 0.507 e. The first-order valence-corrected chi connectivity index (χ1v) is 5.10. The number of phenols is 1. The van der Waals surface area contributed by atoms with Crippen molar-refractivity contribution in [3.63, 3.8) is 0 Å². The highest BCUT2D eigenvalue weighted by Crippen LogP contribution is 2.32. The second kappa shape index (κ2) is 3.84. The summed E-state index contributed by atoms with van der Waals surface area (Å²) in [4.78, 5) is 0. The lowest BCUT2D eigenvalue weighted by Gasteiger charge is -2.10. The van der Waals surface area contributed by atoms with Crippen LogP contribution in [-0.2, 0) is 0 Å². The van der Waals surface area contributed by atoms with Crippen LogP contribution in [0.1, 0.15) is 19.9 Å². The van der Waals surface area contributed by atoms with Crippen molar-refractivity contribution in [2.24, 2.45) is 0 Å². The van der Waals surface area contributed by atoms with E-state index in [1.54, 1.807) is 22.9 Å². The van der Waals surface area contributed by atoms with E-state index in [1.807, 2.05) is 19.9 Å². The van der Waals surface area contributed by atoms with Gasteiger partial charge >= 0.3 is 0 Å². The van der Waals surface area contributed by atoms with Crippen molar-refractivity contribution in [2.75, 3.05) is 5.73 Å². The van der Waals surface area contributed by atoms with Gasteiger partial charge in [0, 0.05) is 11.6 Å². The predicted molar refractivity (Wildman–Crippen MR) is 61.9 cm³/mol. The van der Waals surface area contributed by atoms with Gasteiger partial charge < -0.3 is 10.8 Å². The van der Waals surface area contributed by atoms with Gasteiger partial charge in [0.05, 0.1) is 0 Å². The van der Waals surface area contributed by atoms with E-state index < -0.39 is 0 Å². The van der Waals surface area contributed by atoms with Crippen LogP contribution in [0.3, 0.4) is 0 Å². The van der Waals surface area contributed by atoms with Crippen molar-refractivity contribution in [1.29, 1.82) is 0 Å². The molecule has 0 radical (unpaired) electrons. The zero-order valence-corrected chi connectivity index (χ0v) is 9.25. The summed E-state index contributed by atoms with van der Waals surface area (Å²) in [6.45, 7) is 3.97. The molecular weight excluding hydrogens is 204 g/mol. The Morgan fingerprint density at radius 3 is 2.62 bits per heavy atom. The number of phenolic OH excluding ortho intramolecular Hbond substituents is 1. The number of para-hydroxylation sites is 1. The van der Waals surface area contributed by atoms with Crippen molar-refractivity contribution in [2.45, 2.75) is 19.9 Å². The third-order valence-corrected chi connectivity index (χ3v) is 2.37. The van der Waals surface area contributed by atoms with E-state index in [0.717, 1.165) is 0 Å². The van der Waals surface area contributed by atoms with E-state index in [9.17, 15) is 5.11 Å². The van der Waals surface area contributed by atoms with E-state index in [4.69, 9.17) is 5.73 Å². The standard InChI is InChI=1S/C11H14N4O/c1-7(2)15-10(11(12)13-14-15)8-5-3-4-6-9(8)16/h3-7,16H,12H2,1-2H3. The molecule has 0 spiro atoms. The summed E-state index contributed by atoms with van der Waals surface area (Å²) in [5, 5.41) is 17.6. The van der Waals surface area contributed by atoms with Crippen LogP contribution in [0.15, 0.2) is 24.3 Å². The number of nitrogen functional groups attached to an aromatic ring is 1. The number of rotatable bonds is 2. The molecule has 84 valence electrons. The van der Waals surface area contributed by atoms with E-state index >= 15 is 0 Å². The predicted octanol–water partition coefficient (Wildman–Crippen LogP) is 1.81. The molecule has 0 unspecified atom stereocenters. The molecule has 0 saturated carbocycles. The van der Waals surface area contributed by atoms with Gasteiger partial charge in [0.15, 0.2) is 5.82 Å². The van der Waals surface area contributed by atoms with Crippen LogP contribution in [0.4, 0.5) is 5.82 Å². The van der Waals surface area contributed by atoms with Gasteiger partial charge in [0.25, 0.3) is 0 Å². The van der Waals surface area contributed by atoms with Gasteiger partial charge in [-0.25, -0.2) is 4.68 Å². The van der Waals surface area contributed by atoms with Crippen LogP contribution in [0, 0.1) is 0 Å². The van der Waals surface area contributed by atoms with E-state index in [1.165, 1.54) is 0 Å². The van der Waals surface area contributed by atoms with Crippen molar-refractivity contribution in [3.8, 4) is 17.0 Å². The van der Waals surface area contributed by atoms with Crippen LogP contribution >= 0.6 is 0 Å². The Labute approximate surface area is 93.5 Å². The third kappa shape index (κ3) is 1.60.